The molecule has 3 rings (SSSR count). The van der Waals surface area contributed by atoms with Gasteiger partial charge in [0.1, 0.15) is 0 Å². The Balaban J connectivity index is 1.71. The highest BCUT2D eigenvalue weighted by Gasteiger charge is 2.05. The fraction of sp³-hybridized carbons (Fsp3) is 0.0556. The van der Waals surface area contributed by atoms with Crippen LogP contribution < -0.4 is 10.6 Å². The molecule has 0 atom stereocenters. The molecule has 0 aliphatic rings. The van der Waals surface area contributed by atoms with Crippen LogP contribution in [0.1, 0.15) is 4.88 Å². The molecule has 2 aromatic carbocycles. The Kier molecular flexibility index (Phi) is 4.83. The summed E-state index contributed by atoms with van der Waals surface area (Å²) in [5, 5.41) is 9.24. The summed E-state index contributed by atoms with van der Waals surface area (Å²) >= 11 is 7.12. The molecule has 0 saturated carbocycles. The van der Waals surface area contributed by atoms with Crippen LogP contribution in [-0.2, 0) is 6.54 Å². The van der Waals surface area contributed by atoms with E-state index in [9.17, 15) is 0 Å². The van der Waals surface area contributed by atoms with Crippen molar-refractivity contribution in [2.45, 2.75) is 6.54 Å². The zero-order chi connectivity index (χ0) is 15.2. The van der Waals surface area contributed by atoms with Gasteiger partial charge in [-0.25, -0.2) is 0 Å². The molecule has 2 nitrogen and oxygen atoms in total. The lowest BCUT2D eigenvalue weighted by Crippen LogP contribution is -2.27. The second-order valence-corrected chi connectivity index (χ2v) is 6.24. The number of hydrogen-bond donors (Lipinski definition) is 2. The highest BCUT2D eigenvalue weighted by atomic mass is 32.1. The topological polar surface area (TPSA) is 24.1 Å². The molecule has 0 fully saturated rings. The van der Waals surface area contributed by atoms with Crippen molar-refractivity contribution in [3.8, 4) is 11.1 Å². The average Bonchev–Trinajstić information content (AvgIpc) is 3.08. The van der Waals surface area contributed by atoms with Crippen molar-refractivity contribution in [3.05, 3.63) is 77.0 Å². The number of nitrogens with one attached hydrogen (secondary N) is 2. The van der Waals surface area contributed by atoms with Crippen LogP contribution in [0.15, 0.2) is 72.1 Å². The average molecular weight is 324 g/mol. The zero-order valence-electron chi connectivity index (χ0n) is 12.0. The maximum absolute atomic E-state index is 5.40. The molecule has 0 bridgehead atoms. The van der Waals surface area contributed by atoms with Gasteiger partial charge in [0.15, 0.2) is 5.11 Å². The summed E-state index contributed by atoms with van der Waals surface area (Å²) < 4.78 is 0. The van der Waals surface area contributed by atoms with E-state index in [2.05, 4.69) is 40.3 Å². The molecule has 0 unspecified atom stereocenters. The van der Waals surface area contributed by atoms with Gasteiger partial charge >= 0.3 is 0 Å². The predicted octanol–water partition coefficient (Wildman–Crippen LogP) is 4.90. The standard InChI is InChI=1S/C18H16N2S2/c21-18(19-13-15-9-6-12-22-15)20-17-11-5-4-10-16(17)14-7-2-1-3-8-14/h1-12H,13H2,(H2,19,20,21). The molecule has 0 radical (unpaired) electrons. The first-order chi connectivity index (χ1) is 10.8. The molecule has 22 heavy (non-hydrogen) atoms. The van der Waals surface area contributed by atoms with Crippen molar-refractivity contribution >= 4 is 34.4 Å². The maximum Gasteiger partial charge on any atom is 0.171 e. The van der Waals surface area contributed by atoms with Gasteiger partial charge < -0.3 is 10.6 Å². The Labute approximate surface area is 139 Å². The van der Waals surface area contributed by atoms with Gasteiger partial charge in [0, 0.05) is 16.1 Å². The molecular formula is C18H16N2S2. The van der Waals surface area contributed by atoms with E-state index in [1.54, 1.807) is 11.3 Å². The second-order valence-electron chi connectivity index (χ2n) is 4.80. The molecule has 3 aromatic rings. The third-order valence-electron chi connectivity index (χ3n) is 3.26. The van der Waals surface area contributed by atoms with Gasteiger partial charge in [-0.2, -0.15) is 0 Å². The molecule has 110 valence electrons. The normalized spacial score (nSPS) is 10.2. The Morgan fingerprint density at radius 3 is 2.45 bits per heavy atom. The lowest BCUT2D eigenvalue weighted by molar-refractivity contribution is 0.946. The molecule has 1 aromatic heterocycles. The van der Waals surface area contributed by atoms with E-state index in [0.717, 1.165) is 17.8 Å². The quantitative estimate of drug-likeness (QED) is 0.667. The fourth-order valence-electron chi connectivity index (χ4n) is 2.21. The molecule has 0 amide bonds. The third-order valence-corrected chi connectivity index (χ3v) is 4.39. The van der Waals surface area contributed by atoms with Gasteiger partial charge in [-0.15, -0.1) is 11.3 Å². The van der Waals surface area contributed by atoms with Crippen LogP contribution in [0.5, 0.6) is 0 Å². The summed E-state index contributed by atoms with van der Waals surface area (Å²) in [5.74, 6) is 0. The minimum Gasteiger partial charge on any atom is -0.358 e. The monoisotopic (exact) mass is 324 g/mol. The zero-order valence-corrected chi connectivity index (χ0v) is 13.6. The highest BCUT2D eigenvalue weighted by molar-refractivity contribution is 7.80. The van der Waals surface area contributed by atoms with Crippen molar-refractivity contribution in [2.24, 2.45) is 0 Å². The molecule has 4 heteroatoms. The van der Waals surface area contributed by atoms with E-state index in [4.69, 9.17) is 12.2 Å². The number of anilines is 1. The third kappa shape index (κ3) is 3.72. The predicted molar refractivity (Wildman–Crippen MR) is 99.3 cm³/mol. The summed E-state index contributed by atoms with van der Waals surface area (Å²) in [4.78, 5) is 1.26. The summed E-state index contributed by atoms with van der Waals surface area (Å²) in [7, 11) is 0. The molecule has 0 saturated heterocycles. The summed E-state index contributed by atoms with van der Waals surface area (Å²) in [6.07, 6.45) is 0. The van der Waals surface area contributed by atoms with Gasteiger partial charge in [0.25, 0.3) is 0 Å². The number of rotatable bonds is 4. The van der Waals surface area contributed by atoms with Crippen LogP contribution in [0.25, 0.3) is 11.1 Å². The van der Waals surface area contributed by atoms with E-state index < -0.39 is 0 Å². The van der Waals surface area contributed by atoms with Crippen LogP contribution in [0.3, 0.4) is 0 Å². The van der Waals surface area contributed by atoms with Gasteiger partial charge in [-0.3, -0.25) is 0 Å². The van der Waals surface area contributed by atoms with Gasteiger partial charge in [-0.05, 0) is 35.3 Å². The molecule has 0 spiro atoms. The van der Waals surface area contributed by atoms with Gasteiger partial charge in [0.05, 0.1) is 6.54 Å². The van der Waals surface area contributed by atoms with E-state index >= 15 is 0 Å². The van der Waals surface area contributed by atoms with Gasteiger partial charge in [-0.1, -0.05) is 54.6 Å². The minimum atomic E-state index is 0.636. The molecule has 1 heterocycles. The van der Waals surface area contributed by atoms with Crippen LogP contribution in [0, 0.1) is 0 Å². The fourth-order valence-corrected chi connectivity index (χ4v) is 3.04. The number of thiophene rings is 1. The number of benzene rings is 2. The lowest BCUT2D eigenvalue weighted by Gasteiger charge is -2.14. The van der Waals surface area contributed by atoms with Crippen LogP contribution >= 0.6 is 23.6 Å². The minimum absolute atomic E-state index is 0.636. The van der Waals surface area contributed by atoms with Gasteiger partial charge in [0.2, 0.25) is 0 Å². The summed E-state index contributed by atoms with van der Waals surface area (Å²) in [5.41, 5.74) is 3.33. The number of thiocarbonyl (C=S) groups is 1. The maximum atomic E-state index is 5.40. The number of hydrogen-bond acceptors (Lipinski definition) is 2. The van der Waals surface area contributed by atoms with Crippen molar-refractivity contribution in [3.63, 3.8) is 0 Å². The first-order valence-corrected chi connectivity index (χ1v) is 8.33. The Bertz CT molecular complexity index is 737. The Morgan fingerprint density at radius 2 is 1.68 bits per heavy atom. The first-order valence-electron chi connectivity index (χ1n) is 7.04. The number of para-hydroxylation sites is 1. The molecule has 0 aliphatic heterocycles. The van der Waals surface area contributed by atoms with Crippen molar-refractivity contribution < 1.29 is 0 Å². The highest BCUT2D eigenvalue weighted by Crippen LogP contribution is 2.27. The van der Waals surface area contributed by atoms with Crippen molar-refractivity contribution in [2.75, 3.05) is 5.32 Å². The summed E-state index contributed by atoms with van der Waals surface area (Å²) in [6, 6.07) is 22.6. The van der Waals surface area contributed by atoms with Crippen molar-refractivity contribution in [1.29, 1.82) is 0 Å². The Morgan fingerprint density at radius 1 is 0.909 bits per heavy atom. The van der Waals surface area contributed by atoms with Crippen LogP contribution in [0.2, 0.25) is 0 Å². The van der Waals surface area contributed by atoms with E-state index in [1.165, 1.54) is 10.4 Å². The molecular weight excluding hydrogens is 308 g/mol. The Hall–Kier alpha value is -2.17. The first kappa shape index (κ1) is 14.8. The second kappa shape index (κ2) is 7.20. The molecule has 0 aliphatic carbocycles. The molecule has 2 N–H and O–H groups in total. The van der Waals surface area contributed by atoms with Crippen molar-refractivity contribution in [1.82, 2.24) is 5.32 Å². The lowest BCUT2D eigenvalue weighted by atomic mass is 10.0. The van der Waals surface area contributed by atoms with E-state index in [-0.39, 0.29) is 0 Å². The largest absolute Gasteiger partial charge is 0.358 e. The van der Waals surface area contributed by atoms with E-state index in [1.807, 2.05) is 42.5 Å². The van der Waals surface area contributed by atoms with E-state index in [0.29, 0.717) is 5.11 Å². The van der Waals surface area contributed by atoms with Crippen LogP contribution in [0.4, 0.5) is 5.69 Å². The smallest absolute Gasteiger partial charge is 0.171 e. The summed E-state index contributed by atoms with van der Waals surface area (Å²) in [6.45, 7) is 0.747. The van der Waals surface area contributed by atoms with Crippen LogP contribution in [-0.4, -0.2) is 5.11 Å². The SMILES string of the molecule is S=C(NCc1cccs1)Nc1ccccc1-c1ccccc1.